The molecule has 1 aromatic rings. The van der Waals surface area contributed by atoms with Crippen LogP contribution in [0.3, 0.4) is 0 Å². The molecule has 0 aliphatic rings. The van der Waals surface area contributed by atoms with Gasteiger partial charge in [0.2, 0.25) is 0 Å². The molecule has 0 radical (unpaired) electrons. The Balaban J connectivity index is 2.25. The molecule has 1 heterocycles. The van der Waals surface area contributed by atoms with Crippen LogP contribution >= 0.6 is 23.1 Å². The van der Waals surface area contributed by atoms with Crippen LogP contribution in [0.4, 0.5) is 0 Å². The Morgan fingerprint density at radius 3 is 3.17 bits per heavy atom. The van der Waals surface area contributed by atoms with Crippen LogP contribution in [0.1, 0.15) is 0 Å². The van der Waals surface area contributed by atoms with Gasteiger partial charge in [-0.15, -0.1) is 10.2 Å². The van der Waals surface area contributed by atoms with E-state index in [0.717, 1.165) is 10.1 Å². The first-order chi connectivity index (χ1) is 5.86. The largest absolute Gasteiger partial charge is 0.395 e. The van der Waals surface area contributed by atoms with Crippen molar-refractivity contribution in [3.05, 3.63) is 5.51 Å². The molecule has 0 aliphatic heterocycles. The smallest absolute Gasteiger partial charge is 0.174 e. The van der Waals surface area contributed by atoms with Gasteiger partial charge in [-0.05, 0) is 7.05 Å². The number of nitrogens with zero attached hydrogens (tertiary/aromatic N) is 2. The molecule has 6 heteroatoms. The predicted octanol–water partition coefficient (Wildman–Crippen LogP) is 0.210. The minimum absolute atomic E-state index is 0.138. The van der Waals surface area contributed by atoms with Crippen LogP contribution in [-0.4, -0.2) is 40.8 Å². The quantitative estimate of drug-likeness (QED) is 0.673. The van der Waals surface area contributed by atoms with E-state index in [0.29, 0.717) is 0 Å². The molecule has 0 saturated carbocycles. The van der Waals surface area contributed by atoms with E-state index in [4.69, 9.17) is 5.11 Å². The summed E-state index contributed by atoms with van der Waals surface area (Å²) in [4.78, 5) is 0. The summed E-state index contributed by atoms with van der Waals surface area (Å²) >= 11 is 3.12. The molecule has 0 bridgehead atoms. The number of likely N-dealkylation sites (N-methyl/N-ethyl adjacent to an activating group) is 1. The van der Waals surface area contributed by atoms with E-state index < -0.39 is 0 Å². The Morgan fingerprint density at radius 1 is 1.83 bits per heavy atom. The van der Waals surface area contributed by atoms with E-state index in [1.54, 1.807) is 17.3 Å². The third-order valence-electron chi connectivity index (χ3n) is 1.38. The molecule has 68 valence electrons. The second kappa shape index (κ2) is 5.47. The van der Waals surface area contributed by atoms with Crippen LogP contribution < -0.4 is 5.32 Å². The average molecular weight is 205 g/mol. The van der Waals surface area contributed by atoms with Gasteiger partial charge < -0.3 is 10.4 Å². The van der Waals surface area contributed by atoms with Crippen molar-refractivity contribution in [2.24, 2.45) is 0 Å². The fourth-order valence-corrected chi connectivity index (χ4v) is 2.23. The lowest BCUT2D eigenvalue weighted by molar-refractivity contribution is 0.260. The summed E-state index contributed by atoms with van der Waals surface area (Å²) in [5.74, 6) is 0.822. The number of hydrogen-bond acceptors (Lipinski definition) is 6. The van der Waals surface area contributed by atoms with Crippen molar-refractivity contribution in [2.45, 2.75) is 10.4 Å². The van der Waals surface area contributed by atoms with E-state index in [1.165, 1.54) is 11.3 Å². The molecule has 0 aromatic carbocycles. The highest BCUT2D eigenvalue weighted by Crippen LogP contribution is 2.19. The number of nitrogens with one attached hydrogen (secondary N) is 1. The standard InChI is InChI=1S/C6H11N3OS2/c1-7-5(2-10)3-11-6-9-8-4-12-6/h4-5,7,10H,2-3H2,1H3. The summed E-state index contributed by atoms with van der Waals surface area (Å²) in [5.41, 5.74) is 1.70. The Hall–Kier alpha value is -0.170. The number of thioether (sulfide) groups is 1. The normalized spacial score (nSPS) is 13.2. The maximum atomic E-state index is 8.85. The van der Waals surface area contributed by atoms with Gasteiger partial charge in [-0.25, -0.2) is 0 Å². The van der Waals surface area contributed by atoms with Crippen LogP contribution in [0.15, 0.2) is 9.85 Å². The zero-order chi connectivity index (χ0) is 8.81. The van der Waals surface area contributed by atoms with Gasteiger partial charge in [0.05, 0.1) is 6.61 Å². The first kappa shape index (κ1) is 9.91. The van der Waals surface area contributed by atoms with Gasteiger partial charge in [0.15, 0.2) is 4.34 Å². The SMILES string of the molecule is CNC(CO)CSc1nncs1. The van der Waals surface area contributed by atoms with Gasteiger partial charge in [0.1, 0.15) is 5.51 Å². The molecule has 0 aliphatic carbocycles. The van der Waals surface area contributed by atoms with Gasteiger partial charge in [0, 0.05) is 11.8 Å². The van der Waals surface area contributed by atoms with Crippen LogP contribution in [-0.2, 0) is 0 Å². The van der Waals surface area contributed by atoms with Gasteiger partial charge >= 0.3 is 0 Å². The van der Waals surface area contributed by atoms with Gasteiger partial charge in [-0.2, -0.15) is 0 Å². The summed E-state index contributed by atoms with van der Waals surface area (Å²) in [5, 5.41) is 19.4. The van der Waals surface area contributed by atoms with Crippen LogP contribution in [0.25, 0.3) is 0 Å². The van der Waals surface area contributed by atoms with Crippen LogP contribution in [0.2, 0.25) is 0 Å². The number of aliphatic hydroxyl groups is 1. The lowest BCUT2D eigenvalue weighted by Gasteiger charge is -2.10. The monoisotopic (exact) mass is 205 g/mol. The Bertz CT molecular complexity index is 201. The summed E-state index contributed by atoms with van der Waals surface area (Å²) in [6.45, 7) is 0.155. The first-order valence-corrected chi connectivity index (χ1v) is 5.40. The van der Waals surface area contributed by atoms with E-state index in [9.17, 15) is 0 Å². The molecule has 0 saturated heterocycles. The molecule has 4 nitrogen and oxygen atoms in total. The van der Waals surface area contributed by atoms with Crippen molar-refractivity contribution in [1.29, 1.82) is 0 Å². The maximum Gasteiger partial charge on any atom is 0.174 e. The van der Waals surface area contributed by atoms with Crippen molar-refractivity contribution in [2.75, 3.05) is 19.4 Å². The minimum Gasteiger partial charge on any atom is -0.395 e. The Morgan fingerprint density at radius 2 is 2.67 bits per heavy atom. The van der Waals surface area contributed by atoms with Crippen LogP contribution in [0.5, 0.6) is 0 Å². The zero-order valence-electron chi connectivity index (χ0n) is 6.73. The molecule has 0 fully saturated rings. The second-order valence-electron chi connectivity index (χ2n) is 2.18. The van der Waals surface area contributed by atoms with Crippen molar-refractivity contribution < 1.29 is 5.11 Å². The molecule has 1 rings (SSSR count). The fraction of sp³-hybridized carbons (Fsp3) is 0.667. The number of hydrogen-bond donors (Lipinski definition) is 2. The number of aromatic nitrogens is 2. The molecule has 1 aromatic heterocycles. The highest BCUT2D eigenvalue weighted by molar-refractivity contribution is 8.01. The Labute approximate surface area is 79.4 Å². The lowest BCUT2D eigenvalue weighted by atomic mass is 10.4. The topological polar surface area (TPSA) is 58.0 Å². The van der Waals surface area contributed by atoms with E-state index in [-0.39, 0.29) is 12.6 Å². The molecule has 1 atom stereocenters. The third kappa shape index (κ3) is 3.06. The third-order valence-corrected chi connectivity index (χ3v) is 3.40. The number of aliphatic hydroxyl groups excluding tert-OH is 1. The molecule has 12 heavy (non-hydrogen) atoms. The highest BCUT2D eigenvalue weighted by atomic mass is 32.2. The fourth-order valence-electron chi connectivity index (χ4n) is 0.625. The lowest BCUT2D eigenvalue weighted by Crippen LogP contribution is -2.31. The van der Waals surface area contributed by atoms with Crippen molar-refractivity contribution in [1.82, 2.24) is 15.5 Å². The summed E-state index contributed by atoms with van der Waals surface area (Å²) < 4.78 is 0.948. The summed E-state index contributed by atoms with van der Waals surface area (Å²) in [6, 6.07) is 0.138. The summed E-state index contributed by atoms with van der Waals surface area (Å²) in [7, 11) is 1.83. The van der Waals surface area contributed by atoms with E-state index in [1.807, 2.05) is 7.05 Å². The van der Waals surface area contributed by atoms with Crippen molar-refractivity contribution in [3.63, 3.8) is 0 Å². The molecule has 2 N–H and O–H groups in total. The van der Waals surface area contributed by atoms with E-state index >= 15 is 0 Å². The van der Waals surface area contributed by atoms with E-state index in [2.05, 4.69) is 15.5 Å². The van der Waals surface area contributed by atoms with Gasteiger partial charge in [-0.1, -0.05) is 23.1 Å². The maximum absolute atomic E-state index is 8.85. The molecular weight excluding hydrogens is 194 g/mol. The minimum atomic E-state index is 0.138. The van der Waals surface area contributed by atoms with Gasteiger partial charge in [0.25, 0.3) is 0 Å². The highest BCUT2D eigenvalue weighted by Gasteiger charge is 2.05. The van der Waals surface area contributed by atoms with Crippen LogP contribution in [0, 0.1) is 0 Å². The first-order valence-electron chi connectivity index (χ1n) is 3.54. The molecule has 1 unspecified atom stereocenters. The predicted molar refractivity (Wildman–Crippen MR) is 50.6 cm³/mol. The average Bonchev–Trinajstić information content (AvgIpc) is 2.59. The summed E-state index contributed by atoms with van der Waals surface area (Å²) in [6.07, 6.45) is 0. The Kier molecular flexibility index (Phi) is 4.52. The van der Waals surface area contributed by atoms with Crippen molar-refractivity contribution >= 4 is 23.1 Å². The molecule has 0 amide bonds. The molecule has 0 spiro atoms. The number of rotatable bonds is 5. The zero-order valence-corrected chi connectivity index (χ0v) is 8.36. The van der Waals surface area contributed by atoms with Gasteiger partial charge in [-0.3, -0.25) is 0 Å². The second-order valence-corrected chi connectivity index (χ2v) is 4.28. The molecular formula is C6H11N3OS2. The van der Waals surface area contributed by atoms with Crippen molar-refractivity contribution in [3.8, 4) is 0 Å².